The maximum atomic E-state index is 10.6. The van der Waals surface area contributed by atoms with Crippen molar-refractivity contribution in [2.45, 2.75) is 25.8 Å². The predicted molar refractivity (Wildman–Crippen MR) is 39.7 cm³/mol. The lowest BCUT2D eigenvalue weighted by Gasteiger charge is -2.23. The molecule has 1 aliphatic rings. The van der Waals surface area contributed by atoms with E-state index in [4.69, 9.17) is 0 Å². The predicted octanol–water partition coefficient (Wildman–Crippen LogP) is -0.126. The van der Waals surface area contributed by atoms with Crippen LogP contribution < -0.4 is 10.6 Å². The molecule has 1 heterocycles. The Morgan fingerprint density at radius 3 is 3.00 bits per heavy atom. The summed E-state index contributed by atoms with van der Waals surface area (Å²) in [6.45, 7) is 3.44. The first kappa shape index (κ1) is 7.54. The van der Waals surface area contributed by atoms with Gasteiger partial charge < -0.3 is 10.6 Å². The molecule has 1 aliphatic heterocycles. The molecule has 1 atom stereocenters. The fourth-order valence-electron chi connectivity index (χ4n) is 1.16. The highest BCUT2D eigenvalue weighted by Crippen LogP contribution is 1.97. The van der Waals surface area contributed by atoms with E-state index in [0.717, 1.165) is 13.0 Å². The molecular formula is C7H14N2O. The molecule has 1 amide bonds. The maximum Gasteiger partial charge on any atom is 0.234 e. The highest BCUT2D eigenvalue weighted by molar-refractivity contribution is 5.78. The van der Waals surface area contributed by atoms with E-state index in [1.807, 2.05) is 0 Å². The van der Waals surface area contributed by atoms with E-state index in [2.05, 4.69) is 17.6 Å². The average Bonchev–Trinajstić information content (AvgIpc) is 1.95. The lowest BCUT2D eigenvalue weighted by molar-refractivity contribution is -0.121. The lowest BCUT2D eigenvalue weighted by Crippen LogP contribution is -2.51. The van der Waals surface area contributed by atoms with Gasteiger partial charge in [0, 0.05) is 12.6 Å². The number of hydrogen-bond acceptors (Lipinski definition) is 2. The molecule has 0 aromatic heterocycles. The second-order valence-electron chi connectivity index (χ2n) is 2.67. The Bertz CT molecular complexity index is 115. The van der Waals surface area contributed by atoms with Crippen LogP contribution in [0.1, 0.15) is 19.8 Å². The third-order valence-electron chi connectivity index (χ3n) is 1.73. The van der Waals surface area contributed by atoms with Gasteiger partial charge in [0.25, 0.3) is 0 Å². The topological polar surface area (TPSA) is 41.1 Å². The molecular weight excluding hydrogens is 128 g/mol. The average molecular weight is 142 g/mol. The van der Waals surface area contributed by atoms with Gasteiger partial charge in [0.05, 0.1) is 6.54 Å². The van der Waals surface area contributed by atoms with Gasteiger partial charge in [-0.25, -0.2) is 0 Å². The van der Waals surface area contributed by atoms with Gasteiger partial charge in [0.15, 0.2) is 0 Å². The fourth-order valence-corrected chi connectivity index (χ4v) is 1.16. The molecule has 2 N–H and O–H groups in total. The van der Waals surface area contributed by atoms with E-state index in [1.54, 1.807) is 0 Å². The third-order valence-corrected chi connectivity index (χ3v) is 1.73. The van der Waals surface area contributed by atoms with Gasteiger partial charge in [-0.05, 0) is 6.42 Å². The molecule has 0 saturated carbocycles. The Labute approximate surface area is 61.2 Å². The van der Waals surface area contributed by atoms with Crippen LogP contribution in [0.15, 0.2) is 0 Å². The molecule has 1 rings (SSSR count). The summed E-state index contributed by atoms with van der Waals surface area (Å²) in [6, 6.07) is 0.502. The monoisotopic (exact) mass is 142 g/mol. The van der Waals surface area contributed by atoms with Crippen LogP contribution in [0, 0.1) is 0 Å². The summed E-state index contributed by atoms with van der Waals surface area (Å²) in [5, 5.41) is 5.97. The van der Waals surface area contributed by atoms with Crippen LogP contribution in [-0.4, -0.2) is 25.0 Å². The van der Waals surface area contributed by atoms with Crippen LogP contribution in [0.3, 0.4) is 0 Å². The van der Waals surface area contributed by atoms with E-state index in [-0.39, 0.29) is 5.91 Å². The van der Waals surface area contributed by atoms with Crippen LogP contribution in [0.4, 0.5) is 0 Å². The molecule has 3 nitrogen and oxygen atoms in total. The zero-order valence-corrected chi connectivity index (χ0v) is 6.31. The molecule has 0 spiro atoms. The molecule has 1 unspecified atom stereocenters. The number of piperazine rings is 1. The van der Waals surface area contributed by atoms with Gasteiger partial charge in [-0.2, -0.15) is 0 Å². The van der Waals surface area contributed by atoms with E-state index in [9.17, 15) is 4.79 Å². The number of carbonyl (C=O) groups excluding carboxylic acids is 1. The normalized spacial score (nSPS) is 26.1. The number of hydrogen-bond donors (Lipinski definition) is 2. The summed E-state index contributed by atoms with van der Waals surface area (Å²) in [6.07, 6.45) is 2.33. The number of carbonyl (C=O) groups is 1. The Morgan fingerprint density at radius 2 is 2.50 bits per heavy atom. The molecule has 0 aromatic rings. The molecule has 0 radical (unpaired) electrons. The van der Waals surface area contributed by atoms with Gasteiger partial charge in [0.1, 0.15) is 0 Å². The molecule has 0 aliphatic carbocycles. The molecule has 10 heavy (non-hydrogen) atoms. The largest absolute Gasteiger partial charge is 0.353 e. The van der Waals surface area contributed by atoms with Crippen LogP contribution >= 0.6 is 0 Å². The van der Waals surface area contributed by atoms with Gasteiger partial charge in [-0.15, -0.1) is 0 Å². The summed E-state index contributed by atoms with van der Waals surface area (Å²) in [5.41, 5.74) is 0. The van der Waals surface area contributed by atoms with Gasteiger partial charge in [-0.3, -0.25) is 4.79 Å². The second-order valence-corrected chi connectivity index (χ2v) is 2.67. The van der Waals surface area contributed by atoms with Crippen molar-refractivity contribution in [3.05, 3.63) is 0 Å². The first-order chi connectivity index (χ1) is 4.83. The minimum atomic E-state index is 0.118. The standard InChI is InChI=1S/C7H14N2O/c1-2-3-6-4-9-7(10)5-8-6/h6,8H,2-5H2,1H3,(H,9,10). The van der Waals surface area contributed by atoms with Crippen molar-refractivity contribution in [2.24, 2.45) is 0 Å². The van der Waals surface area contributed by atoms with Gasteiger partial charge in [-0.1, -0.05) is 13.3 Å². The molecule has 58 valence electrons. The Morgan fingerprint density at radius 1 is 1.70 bits per heavy atom. The zero-order valence-electron chi connectivity index (χ0n) is 6.31. The van der Waals surface area contributed by atoms with Gasteiger partial charge >= 0.3 is 0 Å². The molecule has 1 fully saturated rings. The lowest BCUT2D eigenvalue weighted by atomic mass is 10.1. The summed E-state index contributed by atoms with van der Waals surface area (Å²) < 4.78 is 0. The quantitative estimate of drug-likeness (QED) is 0.564. The van der Waals surface area contributed by atoms with Crippen LogP contribution in [-0.2, 0) is 4.79 Å². The summed E-state index contributed by atoms with van der Waals surface area (Å²) in [4.78, 5) is 10.6. The van der Waals surface area contributed by atoms with Crippen molar-refractivity contribution in [2.75, 3.05) is 13.1 Å². The van der Waals surface area contributed by atoms with E-state index >= 15 is 0 Å². The summed E-state index contributed by atoms with van der Waals surface area (Å²) in [7, 11) is 0. The highest BCUT2D eigenvalue weighted by Gasteiger charge is 2.14. The van der Waals surface area contributed by atoms with Crippen LogP contribution in [0.2, 0.25) is 0 Å². The van der Waals surface area contributed by atoms with Crippen molar-refractivity contribution in [1.82, 2.24) is 10.6 Å². The number of nitrogens with one attached hydrogen (secondary N) is 2. The number of amides is 1. The van der Waals surface area contributed by atoms with Crippen molar-refractivity contribution >= 4 is 5.91 Å². The van der Waals surface area contributed by atoms with Crippen LogP contribution in [0.25, 0.3) is 0 Å². The fraction of sp³-hybridized carbons (Fsp3) is 0.857. The minimum absolute atomic E-state index is 0.118. The summed E-state index contributed by atoms with van der Waals surface area (Å²) in [5.74, 6) is 0.118. The molecule has 0 aromatic carbocycles. The Kier molecular flexibility index (Phi) is 2.68. The first-order valence-corrected chi connectivity index (χ1v) is 3.83. The Hall–Kier alpha value is -0.570. The second kappa shape index (κ2) is 3.56. The SMILES string of the molecule is CCCC1CNC(=O)CN1. The molecule has 1 saturated heterocycles. The summed E-state index contributed by atoms with van der Waals surface area (Å²) >= 11 is 0. The smallest absolute Gasteiger partial charge is 0.234 e. The first-order valence-electron chi connectivity index (χ1n) is 3.83. The van der Waals surface area contributed by atoms with E-state index in [0.29, 0.717) is 12.6 Å². The van der Waals surface area contributed by atoms with Gasteiger partial charge in [0.2, 0.25) is 5.91 Å². The zero-order chi connectivity index (χ0) is 7.40. The van der Waals surface area contributed by atoms with Crippen molar-refractivity contribution < 1.29 is 4.79 Å². The van der Waals surface area contributed by atoms with Crippen molar-refractivity contribution in [3.8, 4) is 0 Å². The van der Waals surface area contributed by atoms with E-state index in [1.165, 1.54) is 6.42 Å². The maximum absolute atomic E-state index is 10.6. The van der Waals surface area contributed by atoms with Crippen molar-refractivity contribution in [1.29, 1.82) is 0 Å². The third kappa shape index (κ3) is 1.99. The van der Waals surface area contributed by atoms with Crippen LogP contribution in [0.5, 0.6) is 0 Å². The highest BCUT2D eigenvalue weighted by atomic mass is 16.2. The van der Waals surface area contributed by atoms with E-state index < -0.39 is 0 Å². The Balaban J connectivity index is 2.19. The minimum Gasteiger partial charge on any atom is -0.353 e. The molecule has 3 heteroatoms. The number of rotatable bonds is 2. The molecule has 0 bridgehead atoms. The van der Waals surface area contributed by atoms with Crippen molar-refractivity contribution in [3.63, 3.8) is 0 Å².